The molecule has 4 N–H and O–H groups in total. The maximum atomic E-state index is 11.7. The fourth-order valence-corrected chi connectivity index (χ4v) is 2.41. The Hall–Kier alpha value is -1.51. The van der Waals surface area contributed by atoms with Crippen molar-refractivity contribution in [3.05, 3.63) is 36.8 Å². The number of nitrogens with zero attached hydrogens (tertiary/aromatic N) is 1. The third kappa shape index (κ3) is 2.99. The number of aromatic amines is 1. The monoisotopic (exact) mass is 270 g/mol. The first-order chi connectivity index (χ1) is 8.19. The average Bonchev–Trinajstić information content (AvgIpc) is 2.94. The first kappa shape index (κ1) is 12.0. The molecule has 0 atom stereocenters. The smallest absolute Gasteiger partial charge is 0.304 e. The van der Waals surface area contributed by atoms with Gasteiger partial charge in [-0.2, -0.15) is 0 Å². The summed E-state index contributed by atoms with van der Waals surface area (Å²) in [5.41, 5.74) is 6.45. The second kappa shape index (κ2) is 5.21. The molecule has 2 heterocycles. The molecule has 2 rings (SSSR count). The van der Waals surface area contributed by atoms with Crippen molar-refractivity contribution in [2.45, 2.75) is 13.1 Å². The summed E-state index contributed by atoms with van der Waals surface area (Å²) < 4.78 is 0. The lowest BCUT2D eigenvalue weighted by molar-refractivity contribution is 0.0946. The molecular formula is C9H10N4O2S2. The quantitative estimate of drug-likeness (QED) is 0.743. The maximum Gasteiger partial charge on any atom is 0.304 e. The third-order valence-corrected chi connectivity index (χ3v) is 3.56. The lowest BCUT2D eigenvalue weighted by atomic mass is 10.4. The van der Waals surface area contributed by atoms with Crippen LogP contribution in [0.3, 0.4) is 0 Å². The normalized spacial score (nSPS) is 10.4. The first-order valence-electron chi connectivity index (χ1n) is 4.78. The minimum absolute atomic E-state index is 0.131. The van der Waals surface area contributed by atoms with Gasteiger partial charge in [0.25, 0.3) is 5.91 Å². The van der Waals surface area contributed by atoms with Gasteiger partial charge in [0.05, 0.1) is 6.54 Å². The van der Waals surface area contributed by atoms with Crippen LogP contribution >= 0.6 is 22.7 Å². The predicted molar refractivity (Wildman–Crippen MR) is 66.1 cm³/mol. The van der Waals surface area contributed by atoms with Crippen LogP contribution in [0.4, 0.5) is 0 Å². The van der Waals surface area contributed by atoms with Crippen molar-refractivity contribution in [2.75, 3.05) is 0 Å². The number of thiazole rings is 2. The van der Waals surface area contributed by atoms with Crippen LogP contribution in [0.5, 0.6) is 0 Å². The molecule has 0 aliphatic carbocycles. The summed E-state index contributed by atoms with van der Waals surface area (Å²) in [7, 11) is 0. The van der Waals surface area contributed by atoms with E-state index in [9.17, 15) is 9.59 Å². The Morgan fingerprint density at radius 1 is 1.47 bits per heavy atom. The van der Waals surface area contributed by atoms with Crippen molar-refractivity contribution in [2.24, 2.45) is 5.73 Å². The predicted octanol–water partition coefficient (Wildman–Crippen LogP) is 0.282. The van der Waals surface area contributed by atoms with Crippen LogP contribution < -0.4 is 15.9 Å². The van der Waals surface area contributed by atoms with Gasteiger partial charge < -0.3 is 16.0 Å². The molecule has 0 saturated heterocycles. The molecule has 2 aromatic heterocycles. The molecular weight excluding hydrogens is 260 g/mol. The second-order valence-corrected chi connectivity index (χ2v) is 4.97. The number of hydrogen-bond donors (Lipinski definition) is 3. The maximum absolute atomic E-state index is 11.7. The molecule has 17 heavy (non-hydrogen) atoms. The van der Waals surface area contributed by atoms with Gasteiger partial charge >= 0.3 is 4.87 Å². The third-order valence-electron chi connectivity index (χ3n) is 1.97. The number of amides is 1. The molecule has 1 amide bonds. The number of H-pyrrole nitrogens is 1. The summed E-state index contributed by atoms with van der Waals surface area (Å²) >= 11 is 2.42. The van der Waals surface area contributed by atoms with Crippen molar-refractivity contribution in [3.63, 3.8) is 0 Å². The number of nitrogens with two attached hydrogens (primary N) is 1. The summed E-state index contributed by atoms with van der Waals surface area (Å²) in [6.45, 7) is 0.614. The average molecular weight is 270 g/mol. The van der Waals surface area contributed by atoms with Crippen LogP contribution in [-0.4, -0.2) is 15.9 Å². The highest BCUT2D eigenvalue weighted by Gasteiger charge is 2.09. The van der Waals surface area contributed by atoms with Crippen LogP contribution in [-0.2, 0) is 13.1 Å². The molecule has 0 aliphatic heterocycles. The van der Waals surface area contributed by atoms with Gasteiger partial charge in [-0.3, -0.25) is 9.59 Å². The Kier molecular flexibility index (Phi) is 3.67. The number of carbonyl (C=O) groups is 1. The van der Waals surface area contributed by atoms with Crippen molar-refractivity contribution in [1.29, 1.82) is 0 Å². The SMILES string of the molecule is NCc1nc(C(=O)NCc2csc(=O)[nH]2)cs1. The van der Waals surface area contributed by atoms with Gasteiger partial charge in [-0.1, -0.05) is 11.3 Å². The Morgan fingerprint density at radius 2 is 2.29 bits per heavy atom. The minimum atomic E-state index is -0.270. The Morgan fingerprint density at radius 3 is 2.88 bits per heavy atom. The van der Waals surface area contributed by atoms with Gasteiger partial charge in [-0.05, 0) is 0 Å². The number of aromatic nitrogens is 2. The van der Waals surface area contributed by atoms with E-state index >= 15 is 0 Å². The molecule has 90 valence electrons. The zero-order valence-corrected chi connectivity index (χ0v) is 10.4. The summed E-state index contributed by atoms with van der Waals surface area (Å²) in [4.78, 5) is 29.1. The summed E-state index contributed by atoms with van der Waals surface area (Å²) in [6.07, 6.45) is 0. The molecule has 0 aromatic carbocycles. The minimum Gasteiger partial charge on any atom is -0.345 e. The fraction of sp³-hybridized carbons (Fsp3) is 0.222. The molecule has 0 saturated carbocycles. The largest absolute Gasteiger partial charge is 0.345 e. The molecule has 0 spiro atoms. The van der Waals surface area contributed by atoms with Crippen LogP contribution in [0.2, 0.25) is 0 Å². The van der Waals surface area contributed by atoms with E-state index in [4.69, 9.17) is 5.73 Å². The zero-order chi connectivity index (χ0) is 12.3. The molecule has 6 nitrogen and oxygen atoms in total. The van der Waals surface area contributed by atoms with E-state index in [-0.39, 0.29) is 17.3 Å². The van der Waals surface area contributed by atoms with Crippen LogP contribution in [0.1, 0.15) is 21.2 Å². The van der Waals surface area contributed by atoms with Crippen molar-refractivity contribution in [1.82, 2.24) is 15.3 Å². The molecule has 8 heteroatoms. The summed E-state index contributed by atoms with van der Waals surface area (Å²) in [6, 6.07) is 0. The highest BCUT2D eigenvalue weighted by atomic mass is 32.1. The number of nitrogens with one attached hydrogen (secondary N) is 2. The standard InChI is InChI=1S/C9H10N4O2S2/c10-1-7-13-6(4-16-7)8(14)11-2-5-3-17-9(15)12-5/h3-4H,1-2,10H2,(H,11,14)(H,12,15). The van der Waals surface area contributed by atoms with Gasteiger partial charge in [-0.15, -0.1) is 11.3 Å². The number of rotatable bonds is 4. The molecule has 0 radical (unpaired) electrons. The molecule has 0 unspecified atom stereocenters. The summed E-state index contributed by atoms with van der Waals surface area (Å²) in [5, 5.41) is 6.72. The first-order valence-corrected chi connectivity index (χ1v) is 6.54. The van der Waals surface area contributed by atoms with Gasteiger partial charge in [-0.25, -0.2) is 4.98 Å². The lowest BCUT2D eigenvalue weighted by Crippen LogP contribution is -2.23. The van der Waals surface area contributed by atoms with Gasteiger partial charge in [0, 0.05) is 23.0 Å². The summed E-state index contributed by atoms with van der Waals surface area (Å²) in [5.74, 6) is -0.270. The van der Waals surface area contributed by atoms with E-state index in [1.807, 2.05) is 0 Å². The van der Waals surface area contributed by atoms with Crippen molar-refractivity contribution >= 4 is 28.6 Å². The highest BCUT2D eigenvalue weighted by Crippen LogP contribution is 2.08. The lowest BCUT2D eigenvalue weighted by Gasteiger charge is -1.99. The highest BCUT2D eigenvalue weighted by molar-refractivity contribution is 7.09. The topological polar surface area (TPSA) is 101 Å². The number of hydrogen-bond acceptors (Lipinski definition) is 6. The molecule has 2 aromatic rings. The van der Waals surface area contributed by atoms with Crippen molar-refractivity contribution < 1.29 is 4.79 Å². The molecule has 0 bridgehead atoms. The van der Waals surface area contributed by atoms with Gasteiger partial charge in [0.15, 0.2) is 0 Å². The van der Waals surface area contributed by atoms with E-state index in [1.54, 1.807) is 10.8 Å². The van der Waals surface area contributed by atoms with E-state index in [2.05, 4.69) is 15.3 Å². The van der Waals surface area contributed by atoms with E-state index in [0.717, 1.165) is 16.3 Å². The fourth-order valence-electron chi connectivity index (χ4n) is 1.18. The van der Waals surface area contributed by atoms with Gasteiger partial charge in [0.1, 0.15) is 10.7 Å². The second-order valence-electron chi connectivity index (χ2n) is 3.19. The Balaban J connectivity index is 1.95. The van der Waals surface area contributed by atoms with Crippen molar-refractivity contribution in [3.8, 4) is 0 Å². The van der Waals surface area contributed by atoms with E-state index in [1.165, 1.54) is 11.3 Å². The molecule has 0 aliphatic rings. The van der Waals surface area contributed by atoms with Crippen LogP contribution in [0, 0.1) is 0 Å². The zero-order valence-electron chi connectivity index (χ0n) is 8.73. The van der Waals surface area contributed by atoms with Crippen LogP contribution in [0.15, 0.2) is 15.6 Å². The number of carbonyl (C=O) groups excluding carboxylic acids is 1. The Bertz CT molecular complexity index is 571. The van der Waals surface area contributed by atoms with E-state index in [0.29, 0.717) is 17.9 Å². The van der Waals surface area contributed by atoms with Crippen LogP contribution in [0.25, 0.3) is 0 Å². The molecule has 0 fully saturated rings. The Labute approximate surface area is 105 Å². The van der Waals surface area contributed by atoms with E-state index < -0.39 is 0 Å². The van der Waals surface area contributed by atoms with Gasteiger partial charge in [0.2, 0.25) is 0 Å².